The minimum Gasteiger partial charge on any atom is -0.496 e. The Morgan fingerprint density at radius 1 is 1.35 bits per heavy atom. The van der Waals surface area contributed by atoms with Crippen molar-refractivity contribution in [2.45, 2.75) is 39.3 Å². The van der Waals surface area contributed by atoms with E-state index in [1.165, 1.54) is 0 Å². The molecule has 0 saturated heterocycles. The zero-order chi connectivity index (χ0) is 16.9. The Balaban J connectivity index is 1.91. The number of hydrogen-bond donors (Lipinski definition) is 1. The number of methoxy groups -OCH3 is 1. The standard InChI is InChI=1S/C16H21N3O4/c1-16(2,3)22-15(20)17-14-11-19(18-23-14)10-9-12-7-5-6-8-13(12)21-4/h5-8,11H,9-10H2,1-4H3/p+1. The molecule has 1 heterocycles. The molecule has 0 aliphatic carbocycles. The van der Waals surface area contributed by atoms with Gasteiger partial charge in [-0.1, -0.05) is 22.9 Å². The fourth-order valence-corrected chi connectivity index (χ4v) is 1.99. The predicted octanol–water partition coefficient (Wildman–Crippen LogP) is 2.56. The van der Waals surface area contributed by atoms with Crippen molar-refractivity contribution in [3.8, 4) is 5.75 Å². The molecule has 1 amide bonds. The minimum atomic E-state index is -0.578. The summed E-state index contributed by atoms with van der Waals surface area (Å²) < 4.78 is 17.1. The van der Waals surface area contributed by atoms with Crippen molar-refractivity contribution in [1.82, 2.24) is 5.27 Å². The van der Waals surface area contributed by atoms with Crippen LogP contribution in [-0.2, 0) is 17.7 Å². The van der Waals surface area contributed by atoms with Gasteiger partial charge in [0.25, 0.3) is 6.20 Å². The zero-order valence-corrected chi connectivity index (χ0v) is 13.8. The molecule has 1 aromatic carbocycles. The van der Waals surface area contributed by atoms with Gasteiger partial charge >= 0.3 is 12.0 Å². The number of rotatable bonds is 5. The Bertz CT molecular complexity index is 661. The number of aryl methyl sites for hydroxylation is 2. The molecular formula is C16H22N3O4+. The highest BCUT2D eigenvalue weighted by Gasteiger charge is 2.20. The smallest absolute Gasteiger partial charge is 0.414 e. The number of nitrogens with zero attached hydrogens (tertiary/aromatic N) is 2. The van der Waals surface area contributed by atoms with Gasteiger partial charge in [-0.15, -0.1) is 0 Å². The molecule has 0 radical (unpaired) electrons. The summed E-state index contributed by atoms with van der Waals surface area (Å²) in [5.41, 5.74) is 0.511. The van der Waals surface area contributed by atoms with Crippen LogP contribution in [0.2, 0.25) is 0 Å². The summed E-state index contributed by atoms with van der Waals surface area (Å²) in [7, 11) is 1.64. The van der Waals surface area contributed by atoms with Crippen LogP contribution in [-0.4, -0.2) is 24.1 Å². The molecule has 0 unspecified atom stereocenters. The van der Waals surface area contributed by atoms with E-state index < -0.39 is 11.7 Å². The molecule has 0 aliphatic heterocycles. The Morgan fingerprint density at radius 3 is 2.78 bits per heavy atom. The number of nitrogens with one attached hydrogen (secondary N) is 1. The van der Waals surface area contributed by atoms with Gasteiger partial charge in [-0.05, 0) is 26.8 Å². The summed E-state index contributed by atoms with van der Waals surface area (Å²) >= 11 is 0. The maximum atomic E-state index is 11.7. The highest BCUT2D eigenvalue weighted by molar-refractivity contribution is 5.82. The fraction of sp³-hybridized carbons (Fsp3) is 0.438. The van der Waals surface area contributed by atoms with Gasteiger partial charge < -0.3 is 9.47 Å². The molecule has 1 aromatic heterocycles. The molecule has 7 heteroatoms. The van der Waals surface area contributed by atoms with Crippen molar-refractivity contribution < 1.29 is 23.5 Å². The summed E-state index contributed by atoms with van der Waals surface area (Å²) in [6.07, 6.45) is 1.76. The van der Waals surface area contributed by atoms with Crippen LogP contribution in [0.4, 0.5) is 10.7 Å². The Morgan fingerprint density at radius 2 is 2.09 bits per heavy atom. The van der Waals surface area contributed by atoms with Gasteiger partial charge in [0.15, 0.2) is 6.54 Å². The number of ether oxygens (including phenoxy) is 2. The highest BCUT2D eigenvalue weighted by atomic mass is 16.6. The molecule has 0 saturated carbocycles. The summed E-state index contributed by atoms with van der Waals surface area (Å²) in [6, 6.07) is 7.80. The number of amides is 1. The monoisotopic (exact) mass is 320 g/mol. The Labute approximate surface area is 135 Å². The number of para-hydroxylation sites is 1. The van der Waals surface area contributed by atoms with Crippen LogP contribution in [0, 0.1) is 0 Å². The summed E-state index contributed by atoms with van der Waals surface area (Å²) in [4.78, 5) is 11.7. The number of benzene rings is 1. The van der Waals surface area contributed by atoms with Crippen LogP contribution < -0.4 is 14.7 Å². The molecule has 2 rings (SSSR count). The van der Waals surface area contributed by atoms with Crippen molar-refractivity contribution >= 4 is 12.0 Å². The van der Waals surface area contributed by atoms with Crippen molar-refractivity contribution in [2.24, 2.45) is 0 Å². The topological polar surface area (TPSA) is 77.5 Å². The lowest BCUT2D eigenvalue weighted by molar-refractivity contribution is -0.761. The number of anilines is 1. The van der Waals surface area contributed by atoms with Gasteiger partial charge in [-0.3, -0.25) is 9.84 Å². The second kappa shape index (κ2) is 7.13. The summed E-state index contributed by atoms with van der Waals surface area (Å²) in [5, 5.41) is 6.37. The van der Waals surface area contributed by atoms with Crippen LogP contribution in [0.25, 0.3) is 0 Å². The van der Waals surface area contributed by atoms with Gasteiger partial charge in [0.1, 0.15) is 11.4 Å². The molecule has 0 fully saturated rings. The van der Waals surface area contributed by atoms with Crippen LogP contribution >= 0.6 is 0 Å². The second-order valence-electron chi connectivity index (χ2n) is 6.02. The largest absolute Gasteiger partial charge is 0.496 e. The fourth-order valence-electron chi connectivity index (χ4n) is 1.99. The van der Waals surface area contributed by atoms with Crippen molar-refractivity contribution in [2.75, 3.05) is 12.4 Å². The lowest BCUT2D eigenvalue weighted by atomic mass is 10.1. The van der Waals surface area contributed by atoms with E-state index in [9.17, 15) is 4.79 Å². The average Bonchev–Trinajstić information content (AvgIpc) is 2.90. The molecular weight excluding hydrogens is 298 g/mol. The first-order valence-corrected chi connectivity index (χ1v) is 7.36. The molecule has 0 bridgehead atoms. The Hall–Kier alpha value is -2.57. The summed E-state index contributed by atoms with van der Waals surface area (Å²) in [6.45, 7) is 5.97. The van der Waals surface area contributed by atoms with Crippen LogP contribution in [0.5, 0.6) is 5.75 Å². The lowest BCUT2D eigenvalue weighted by Gasteiger charge is -2.18. The van der Waals surface area contributed by atoms with E-state index >= 15 is 0 Å². The van der Waals surface area contributed by atoms with Crippen LogP contribution in [0.1, 0.15) is 26.3 Å². The zero-order valence-electron chi connectivity index (χ0n) is 13.8. The van der Waals surface area contributed by atoms with E-state index in [2.05, 4.69) is 10.6 Å². The van der Waals surface area contributed by atoms with Crippen LogP contribution in [0.15, 0.2) is 35.0 Å². The van der Waals surface area contributed by atoms with Gasteiger partial charge in [-0.25, -0.2) is 4.79 Å². The van der Waals surface area contributed by atoms with Crippen molar-refractivity contribution in [3.63, 3.8) is 0 Å². The number of carbonyl (C=O) groups is 1. The third kappa shape index (κ3) is 5.28. The maximum Gasteiger partial charge on any atom is 0.414 e. The van der Waals surface area contributed by atoms with Gasteiger partial charge in [-0.2, -0.15) is 0 Å². The number of hydrogen-bond acceptors (Lipinski definition) is 5. The van der Waals surface area contributed by atoms with Gasteiger partial charge in [0.05, 0.1) is 7.11 Å². The summed E-state index contributed by atoms with van der Waals surface area (Å²) in [5.74, 6) is 1.07. The number of carbonyl (C=O) groups excluding carboxylic acids is 1. The highest BCUT2D eigenvalue weighted by Crippen LogP contribution is 2.17. The van der Waals surface area contributed by atoms with Crippen LogP contribution in [0.3, 0.4) is 0 Å². The van der Waals surface area contributed by atoms with Gasteiger partial charge in [0.2, 0.25) is 5.27 Å². The van der Waals surface area contributed by atoms with E-state index in [-0.39, 0.29) is 5.88 Å². The maximum absolute atomic E-state index is 11.7. The molecule has 1 N–H and O–H groups in total. The lowest BCUT2D eigenvalue weighted by Crippen LogP contribution is -2.35. The minimum absolute atomic E-state index is 0.235. The van der Waals surface area contributed by atoms with Gasteiger partial charge in [0, 0.05) is 12.0 Å². The molecule has 2 aromatic rings. The quantitative estimate of drug-likeness (QED) is 0.857. The molecule has 0 spiro atoms. The Kier molecular flexibility index (Phi) is 5.20. The van der Waals surface area contributed by atoms with Crippen molar-refractivity contribution in [3.05, 3.63) is 36.0 Å². The van der Waals surface area contributed by atoms with E-state index in [1.807, 2.05) is 24.3 Å². The first-order valence-electron chi connectivity index (χ1n) is 7.36. The van der Waals surface area contributed by atoms with E-state index in [0.29, 0.717) is 6.54 Å². The predicted molar refractivity (Wildman–Crippen MR) is 83.3 cm³/mol. The molecule has 0 atom stereocenters. The van der Waals surface area contributed by atoms with Crippen molar-refractivity contribution in [1.29, 1.82) is 0 Å². The first-order chi connectivity index (χ1) is 10.9. The third-order valence-corrected chi connectivity index (χ3v) is 2.94. The molecule has 0 aliphatic rings. The second-order valence-corrected chi connectivity index (χ2v) is 6.02. The average molecular weight is 320 g/mol. The molecule has 124 valence electrons. The van der Waals surface area contributed by atoms with E-state index in [0.717, 1.165) is 17.7 Å². The molecule has 7 nitrogen and oxygen atoms in total. The number of aromatic nitrogens is 2. The first kappa shape index (κ1) is 16.8. The third-order valence-electron chi connectivity index (χ3n) is 2.94. The normalized spacial score (nSPS) is 11.1. The molecule has 23 heavy (non-hydrogen) atoms. The SMILES string of the molecule is COc1ccccc1CC[n+]1cc(NC(=O)OC(C)(C)C)on1. The van der Waals surface area contributed by atoms with E-state index in [1.54, 1.807) is 38.8 Å². The van der Waals surface area contributed by atoms with E-state index in [4.69, 9.17) is 14.0 Å².